The lowest BCUT2D eigenvalue weighted by Crippen LogP contribution is -2.62. The zero-order valence-corrected chi connectivity index (χ0v) is 16.0. The predicted molar refractivity (Wildman–Crippen MR) is 95.4 cm³/mol. The summed E-state index contributed by atoms with van der Waals surface area (Å²) in [5.74, 6) is 2.71. The first-order valence-electron chi connectivity index (χ1n) is 10.2. The van der Waals surface area contributed by atoms with Crippen molar-refractivity contribution in [3.05, 3.63) is 0 Å². The molecular formula is C20H35NO4. The number of hydrogen-bond donors (Lipinski definition) is 1. The molecule has 5 nitrogen and oxygen atoms in total. The largest absolute Gasteiger partial charge is 0.390 e. The summed E-state index contributed by atoms with van der Waals surface area (Å²) in [6.45, 7) is 2.29. The SMILES string of the molecule is COC1CC2CCN3CC4C(CCC(O)C4OC)CC3C2CC1OC. The van der Waals surface area contributed by atoms with E-state index in [0.29, 0.717) is 17.9 Å². The van der Waals surface area contributed by atoms with Crippen molar-refractivity contribution in [1.29, 1.82) is 0 Å². The molecule has 25 heavy (non-hydrogen) atoms. The second kappa shape index (κ2) is 7.43. The van der Waals surface area contributed by atoms with E-state index in [9.17, 15) is 5.11 Å². The summed E-state index contributed by atoms with van der Waals surface area (Å²) in [5, 5.41) is 10.3. The van der Waals surface area contributed by atoms with Gasteiger partial charge in [0, 0.05) is 39.8 Å². The molecule has 4 rings (SSSR count). The minimum atomic E-state index is -0.282. The predicted octanol–water partition coefficient (Wildman–Crippen LogP) is 1.92. The first kappa shape index (κ1) is 18.2. The van der Waals surface area contributed by atoms with Gasteiger partial charge >= 0.3 is 0 Å². The van der Waals surface area contributed by atoms with Crippen molar-refractivity contribution in [2.45, 2.75) is 69.0 Å². The highest BCUT2D eigenvalue weighted by atomic mass is 16.5. The minimum absolute atomic E-state index is 0.0216. The van der Waals surface area contributed by atoms with Crippen LogP contribution in [0.5, 0.6) is 0 Å². The summed E-state index contributed by atoms with van der Waals surface area (Å²) in [6.07, 6.45) is 7.12. The van der Waals surface area contributed by atoms with Crippen molar-refractivity contribution in [2.24, 2.45) is 23.7 Å². The molecule has 4 fully saturated rings. The van der Waals surface area contributed by atoms with Crippen molar-refractivity contribution in [2.75, 3.05) is 34.4 Å². The quantitative estimate of drug-likeness (QED) is 0.840. The fourth-order valence-corrected chi connectivity index (χ4v) is 6.63. The molecule has 0 spiro atoms. The number of methoxy groups -OCH3 is 3. The van der Waals surface area contributed by atoms with Gasteiger partial charge in [-0.25, -0.2) is 0 Å². The highest BCUT2D eigenvalue weighted by Gasteiger charge is 2.51. The van der Waals surface area contributed by atoms with Crippen LogP contribution in [-0.4, -0.2) is 74.9 Å². The van der Waals surface area contributed by atoms with Crippen LogP contribution in [0.2, 0.25) is 0 Å². The standard InChI is InChI=1S/C20H35NO4/c1-23-18-9-13-6-7-21-11-15-12(4-5-17(22)20(15)25-3)8-16(21)14(13)10-19(18)24-2/h12-20,22H,4-11H2,1-3H3. The van der Waals surface area contributed by atoms with E-state index in [1.54, 1.807) is 7.11 Å². The molecule has 0 radical (unpaired) electrons. The van der Waals surface area contributed by atoms with Crippen LogP contribution >= 0.6 is 0 Å². The molecule has 2 saturated carbocycles. The second-order valence-electron chi connectivity index (χ2n) is 8.80. The van der Waals surface area contributed by atoms with E-state index in [1.807, 2.05) is 14.2 Å². The maximum atomic E-state index is 10.3. The number of ether oxygens (including phenoxy) is 3. The van der Waals surface area contributed by atoms with Crippen molar-refractivity contribution < 1.29 is 19.3 Å². The number of fused-ring (bicyclic) bond motifs is 4. The summed E-state index contributed by atoms with van der Waals surface area (Å²) in [6, 6.07) is 0.684. The van der Waals surface area contributed by atoms with E-state index in [1.165, 1.54) is 19.4 Å². The number of piperidine rings is 2. The molecule has 0 aromatic carbocycles. The van der Waals surface area contributed by atoms with E-state index >= 15 is 0 Å². The molecule has 5 heteroatoms. The molecular weight excluding hydrogens is 318 g/mol. The zero-order chi connectivity index (χ0) is 17.6. The Labute approximate surface area is 152 Å². The average molecular weight is 354 g/mol. The smallest absolute Gasteiger partial charge is 0.0873 e. The Morgan fingerprint density at radius 1 is 0.800 bits per heavy atom. The maximum Gasteiger partial charge on any atom is 0.0873 e. The van der Waals surface area contributed by atoms with Gasteiger partial charge in [-0.1, -0.05) is 0 Å². The summed E-state index contributed by atoms with van der Waals surface area (Å²) < 4.78 is 17.2. The van der Waals surface area contributed by atoms with Gasteiger partial charge in [-0.2, -0.15) is 0 Å². The maximum absolute atomic E-state index is 10.3. The van der Waals surface area contributed by atoms with Gasteiger partial charge in [0.2, 0.25) is 0 Å². The first-order valence-corrected chi connectivity index (χ1v) is 10.2. The van der Waals surface area contributed by atoms with Gasteiger partial charge in [-0.3, -0.25) is 4.90 Å². The molecule has 2 aliphatic heterocycles. The second-order valence-corrected chi connectivity index (χ2v) is 8.80. The van der Waals surface area contributed by atoms with Crippen LogP contribution in [0.15, 0.2) is 0 Å². The van der Waals surface area contributed by atoms with Crippen molar-refractivity contribution in [1.82, 2.24) is 4.90 Å². The van der Waals surface area contributed by atoms with Gasteiger partial charge in [-0.15, -0.1) is 0 Å². The van der Waals surface area contributed by atoms with E-state index in [2.05, 4.69) is 4.90 Å². The Morgan fingerprint density at radius 2 is 1.52 bits per heavy atom. The third-order valence-corrected chi connectivity index (χ3v) is 7.92. The van der Waals surface area contributed by atoms with Crippen molar-refractivity contribution in [3.8, 4) is 0 Å². The highest BCUT2D eigenvalue weighted by Crippen LogP contribution is 2.49. The first-order chi connectivity index (χ1) is 12.2. The monoisotopic (exact) mass is 353 g/mol. The van der Waals surface area contributed by atoms with E-state index in [-0.39, 0.29) is 24.4 Å². The lowest BCUT2D eigenvalue weighted by molar-refractivity contribution is -0.153. The number of hydrogen-bond acceptors (Lipinski definition) is 5. The fraction of sp³-hybridized carbons (Fsp3) is 1.00. The molecule has 1 N–H and O–H groups in total. The molecule has 0 bridgehead atoms. The zero-order valence-electron chi connectivity index (χ0n) is 16.0. The molecule has 2 aliphatic carbocycles. The molecule has 9 unspecified atom stereocenters. The molecule has 9 atom stereocenters. The lowest BCUT2D eigenvalue weighted by atomic mass is 9.62. The van der Waals surface area contributed by atoms with Crippen molar-refractivity contribution >= 4 is 0 Å². The van der Waals surface area contributed by atoms with Gasteiger partial charge in [-0.05, 0) is 62.8 Å². The molecule has 4 aliphatic rings. The Bertz CT molecular complexity index is 461. The Balaban J connectivity index is 1.50. The van der Waals surface area contributed by atoms with Crippen LogP contribution in [-0.2, 0) is 14.2 Å². The topological polar surface area (TPSA) is 51.2 Å². The van der Waals surface area contributed by atoms with Gasteiger partial charge in [0.15, 0.2) is 0 Å². The minimum Gasteiger partial charge on any atom is -0.390 e. The summed E-state index contributed by atoms with van der Waals surface area (Å²) in [5.41, 5.74) is 0. The lowest BCUT2D eigenvalue weighted by Gasteiger charge is -2.57. The van der Waals surface area contributed by atoms with E-state index in [0.717, 1.165) is 44.1 Å². The molecule has 144 valence electrons. The van der Waals surface area contributed by atoms with Gasteiger partial charge in [0.25, 0.3) is 0 Å². The van der Waals surface area contributed by atoms with Crippen LogP contribution in [0.4, 0.5) is 0 Å². The fourth-order valence-electron chi connectivity index (χ4n) is 6.63. The summed E-state index contributed by atoms with van der Waals surface area (Å²) in [4.78, 5) is 2.71. The van der Waals surface area contributed by atoms with Crippen LogP contribution in [0.3, 0.4) is 0 Å². The van der Waals surface area contributed by atoms with Crippen LogP contribution in [0.25, 0.3) is 0 Å². The summed E-state index contributed by atoms with van der Waals surface area (Å²) >= 11 is 0. The number of nitrogens with zero attached hydrogens (tertiary/aromatic N) is 1. The van der Waals surface area contributed by atoms with Crippen molar-refractivity contribution in [3.63, 3.8) is 0 Å². The Hall–Kier alpha value is -0.200. The van der Waals surface area contributed by atoms with E-state index in [4.69, 9.17) is 14.2 Å². The van der Waals surface area contributed by atoms with E-state index < -0.39 is 0 Å². The Morgan fingerprint density at radius 3 is 2.24 bits per heavy atom. The van der Waals surface area contributed by atoms with Crippen LogP contribution < -0.4 is 0 Å². The third kappa shape index (κ3) is 3.16. The number of aliphatic hydroxyl groups is 1. The van der Waals surface area contributed by atoms with Crippen LogP contribution in [0.1, 0.15) is 38.5 Å². The molecule has 2 saturated heterocycles. The molecule has 0 amide bonds. The van der Waals surface area contributed by atoms with Gasteiger partial charge in [0.05, 0.1) is 24.4 Å². The number of rotatable bonds is 3. The van der Waals surface area contributed by atoms with Crippen LogP contribution in [0, 0.1) is 23.7 Å². The molecule has 0 aromatic heterocycles. The molecule has 2 heterocycles. The summed E-state index contributed by atoms with van der Waals surface area (Å²) in [7, 11) is 5.43. The van der Waals surface area contributed by atoms with Gasteiger partial charge in [0.1, 0.15) is 0 Å². The van der Waals surface area contributed by atoms with Gasteiger partial charge < -0.3 is 19.3 Å². The third-order valence-electron chi connectivity index (χ3n) is 7.92. The highest BCUT2D eigenvalue weighted by molar-refractivity contribution is 5.03. The normalized spacial score (nSPS) is 50.6. The Kier molecular flexibility index (Phi) is 5.40. The molecule has 0 aromatic rings. The average Bonchev–Trinajstić information content (AvgIpc) is 2.65. The number of aliphatic hydroxyl groups excluding tert-OH is 1.